The maximum absolute atomic E-state index is 12.0. The Kier molecular flexibility index (Phi) is 5.00. The molecule has 0 aliphatic carbocycles. The molecular weight excluding hydrogens is 294 g/mol. The van der Waals surface area contributed by atoms with E-state index in [1.54, 1.807) is 36.4 Å². The molecule has 1 amide bonds. The van der Waals surface area contributed by atoms with Gasteiger partial charge in [-0.15, -0.1) is 0 Å². The summed E-state index contributed by atoms with van der Waals surface area (Å²) in [6, 6.07) is 9.35. The largest absolute Gasteiger partial charge is 0.550 e. The van der Waals surface area contributed by atoms with Crippen molar-refractivity contribution in [1.82, 2.24) is 5.32 Å². The molecular formula is C15H13ClNO4-. The summed E-state index contributed by atoms with van der Waals surface area (Å²) in [7, 11) is 0. The number of benzene rings is 1. The Morgan fingerprint density at radius 1 is 1.24 bits per heavy atom. The first-order valence-corrected chi connectivity index (χ1v) is 6.69. The van der Waals surface area contributed by atoms with Crippen molar-refractivity contribution in [2.75, 3.05) is 0 Å². The third-order valence-electron chi connectivity index (χ3n) is 2.87. The van der Waals surface area contributed by atoms with Crippen molar-refractivity contribution < 1.29 is 19.1 Å². The van der Waals surface area contributed by atoms with Crippen LogP contribution in [0.3, 0.4) is 0 Å². The Morgan fingerprint density at radius 2 is 1.95 bits per heavy atom. The van der Waals surface area contributed by atoms with E-state index in [0.717, 1.165) is 5.56 Å². The molecule has 2 rings (SSSR count). The average molecular weight is 307 g/mol. The minimum atomic E-state index is -1.26. The van der Waals surface area contributed by atoms with Gasteiger partial charge in [-0.1, -0.05) is 23.7 Å². The van der Waals surface area contributed by atoms with Crippen LogP contribution in [-0.2, 0) is 16.0 Å². The Hall–Kier alpha value is -2.27. The number of furan rings is 1. The zero-order chi connectivity index (χ0) is 15.2. The molecule has 6 heteroatoms. The quantitative estimate of drug-likeness (QED) is 0.876. The van der Waals surface area contributed by atoms with E-state index in [1.165, 1.54) is 6.26 Å². The fourth-order valence-electron chi connectivity index (χ4n) is 1.91. The van der Waals surface area contributed by atoms with E-state index in [9.17, 15) is 14.7 Å². The molecule has 0 fully saturated rings. The molecule has 21 heavy (non-hydrogen) atoms. The van der Waals surface area contributed by atoms with Gasteiger partial charge in [0, 0.05) is 17.4 Å². The summed E-state index contributed by atoms with van der Waals surface area (Å²) in [5.74, 6) is -1.19. The summed E-state index contributed by atoms with van der Waals surface area (Å²) >= 11 is 5.77. The van der Waals surface area contributed by atoms with E-state index in [-0.39, 0.29) is 18.7 Å². The summed E-state index contributed by atoms with van der Waals surface area (Å²) in [5, 5.41) is 14.0. The molecule has 0 aliphatic rings. The summed E-state index contributed by atoms with van der Waals surface area (Å²) < 4.78 is 5.14. The number of carbonyl (C=O) groups excluding carboxylic acids is 2. The Balaban J connectivity index is 2.01. The fourth-order valence-corrected chi connectivity index (χ4v) is 2.04. The van der Waals surface area contributed by atoms with Crippen LogP contribution in [-0.4, -0.2) is 11.9 Å². The molecule has 1 aromatic carbocycles. The molecule has 1 heterocycles. The first-order chi connectivity index (χ1) is 10.0. The molecule has 2 aromatic rings. The lowest BCUT2D eigenvalue weighted by molar-refractivity contribution is -0.306. The summed E-state index contributed by atoms with van der Waals surface area (Å²) in [5.41, 5.74) is 0.781. The van der Waals surface area contributed by atoms with Crippen LogP contribution in [0.15, 0.2) is 47.1 Å². The lowest BCUT2D eigenvalue weighted by Gasteiger charge is -2.17. The number of halogens is 1. The van der Waals surface area contributed by atoms with E-state index in [0.29, 0.717) is 10.8 Å². The van der Waals surface area contributed by atoms with Crippen molar-refractivity contribution in [3.05, 3.63) is 59.0 Å². The Bertz CT molecular complexity index is 607. The van der Waals surface area contributed by atoms with Crippen molar-refractivity contribution in [2.24, 2.45) is 0 Å². The van der Waals surface area contributed by atoms with Crippen LogP contribution < -0.4 is 10.4 Å². The lowest BCUT2D eigenvalue weighted by atomic mass is 10.1. The van der Waals surface area contributed by atoms with Crippen LogP contribution in [0.2, 0.25) is 5.02 Å². The Morgan fingerprint density at radius 3 is 2.52 bits per heavy atom. The molecule has 0 unspecified atom stereocenters. The lowest BCUT2D eigenvalue weighted by Crippen LogP contribution is -2.34. The highest BCUT2D eigenvalue weighted by Gasteiger charge is 2.17. The molecule has 1 atom stereocenters. The van der Waals surface area contributed by atoms with Crippen LogP contribution >= 0.6 is 11.6 Å². The summed E-state index contributed by atoms with van der Waals surface area (Å²) in [6.07, 6.45) is 1.20. The van der Waals surface area contributed by atoms with Crippen molar-refractivity contribution in [3.8, 4) is 0 Å². The number of carbonyl (C=O) groups is 2. The van der Waals surface area contributed by atoms with E-state index in [1.807, 2.05) is 0 Å². The first-order valence-electron chi connectivity index (χ1n) is 6.31. The molecule has 0 spiro atoms. The predicted molar refractivity (Wildman–Crippen MR) is 74.4 cm³/mol. The molecule has 1 aromatic heterocycles. The van der Waals surface area contributed by atoms with Crippen molar-refractivity contribution >= 4 is 23.5 Å². The van der Waals surface area contributed by atoms with Gasteiger partial charge in [0.05, 0.1) is 18.7 Å². The number of nitrogens with one attached hydrogen (secondary N) is 1. The van der Waals surface area contributed by atoms with E-state index >= 15 is 0 Å². The molecule has 0 radical (unpaired) electrons. The summed E-state index contributed by atoms with van der Waals surface area (Å²) in [6.45, 7) is 0. The molecule has 0 saturated heterocycles. The van der Waals surface area contributed by atoms with E-state index < -0.39 is 12.0 Å². The zero-order valence-electron chi connectivity index (χ0n) is 11.0. The molecule has 110 valence electrons. The van der Waals surface area contributed by atoms with E-state index in [2.05, 4.69) is 5.32 Å². The molecule has 0 aliphatic heterocycles. The first kappa shape index (κ1) is 15.1. The highest BCUT2D eigenvalue weighted by molar-refractivity contribution is 6.30. The average Bonchev–Trinajstić information content (AvgIpc) is 2.94. The fraction of sp³-hybridized carbons (Fsp3) is 0.200. The van der Waals surface area contributed by atoms with Gasteiger partial charge < -0.3 is 19.6 Å². The third kappa shape index (κ3) is 4.65. The Labute approximate surface area is 126 Å². The normalized spacial score (nSPS) is 11.9. The molecule has 0 saturated carbocycles. The van der Waals surface area contributed by atoms with E-state index in [4.69, 9.17) is 16.0 Å². The van der Waals surface area contributed by atoms with Gasteiger partial charge in [0.25, 0.3) is 0 Å². The molecule has 0 bridgehead atoms. The van der Waals surface area contributed by atoms with Crippen LogP contribution in [0.4, 0.5) is 0 Å². The van der Waals surface area contributed by atoms with Crippen molar-refractivity contribution in [1.29, 1.82) is 0 Å². The number of aliphatic carboxylic acids is 1. The maximum Gasteiger partial charge on any atom is 0.225 e. The monoisotopic (exact) mass is 306 g/mol. The highest BCUT2D eigenvalue weighted by Crippen LogP contribution is 2.17. The van der Waals surface area contributed by atoms with Gasteiger partial charge in [0.1, 0.15) is 5.76 Å². The number of carboxylic acids is 1. The second kappa shape index (κ2) is 6.95. The highest BCUT2D eigenvalue weighted by atomic mass is 35.5. The topological polar surface area (TPSA) is 82.4 Å². The predicted octanol–water partition coefficient (Wildman–Crippen LogP) is 1.47. The number of hydrogen-bond donors (Lipinski definition) is 1. The van der Waals surface area contributed by atoms with Crippen molar-refractivity contribution in [3.63, 3.8) is 0 Å². The molecule has 5 nitrogen and oxygen atoms in total. The van der Waals surface area contributed by atoms with Crippen LogP contribution in [0.5, 0.6) is 0 Å². The SMILES string of the molecule is O=C([O-])C[C@H](NC(=O)Cc1ccc(Cl)cc1)c1ccco1. The number of rotatable bonds is 6. The van der Waals surface area contributed by atoms with Gasteiger partial charge in [-0.3, -0.25) is 4.79 Å². The third-order valence-corrected chi connectivity index (χ3v) is 3.12. The number of amides is 1. The van der Waals surface area contributed by atoms with Gasteiger partial charge in [-0.2, -0.15) is 0 Å². The van der Waals surface area contributed by atoms with Gasteiger partial charge in [-0.25, -0.2) is 0 Å². The number of carboxylic acid groups (broad SMARTS) is 1. The standard InChI is InChI=1S/C15H14ClNO4/c16-11-5-3-10(4-6-11)8-14(18)17-12(9-15(19)20)13-2-1-7-21-13/h1-7,12H,8-9H2,(H,17,18)(H,19,20)/p-1/t12-/m0/s1. The smallest absolute Gasteiger partial charge is 0.225 e. The van der Waals surface area contributed by atoms with Gasteiger partial charge in [-0.05, 0) is 29.8 Å². The minimum absolute atomic E-state index is 0.126. The zero-order valence-corrected chi connectivity index (χ0v) is 11.8. The van der Waals surface area contributed by atoms with Gasteiger partial charge in [0.2, 0.25) is 5.91 Å². The van der Waals surface area contributed by atoms with Crippen LogP contribution in [0, 0.1) is 0 Å². The second-order valence-corrected chi connectivity index (χ2v) is 4.95. The summed E-state index contributed by atoms with van der Waals surface area (Å²) in [4.78, 5) is 22.7. The van der Waals surface area contributed by atoms with Gasteiger partial charge >= 0.3 is 0 Å². The van der Waals surface area contributed by atoms with Crippen LogP contribution in [0.1, 0.15) is 23.8 Å². The van der Waals surface area contributed by atoms with Gasteiger partial charge in [0.15, 0.2) is 0 Å². The van der Waals surface area contributed by atoms with Crippen molar-refractivity contribution in [2.45, 2.75) is 18.9 Å². The van der Waals surface area contributed by atoms with Crippen LogP contribution in [0.25, 0.3) is 0 Å². The maximum atomic E-state index is 12.0. The second-order valence-electron chi connectivity index (χ2n) is 4.51. The molecule has 1 N–H and O–H groups in total. The minimum Gasteiger partial charge on any atom is -0.550 e. The number of hydrogen-bond acceptors (Lipinski definition) is 4.